The Morgan fingerprint density at radius 1 is 1.46 bits per heavy atom. The van der Waals surface area contributed by atoms with Crippen LogP contribution in [-0.2, 0) is 9.53 Å². The highest BCUT2D eigenvalue weighted by Gasteiger charge is 2.15. The van der Waals surface area contributed by atoms with Crippen molar-refractivity contribution in [1.82, 2.24) is 4.90 Å². The number of rotatable bonds is 6. The largest absolute Gasteiger partial charge is 0.372 e. The molecule has 0 saturated carbocycles. The predicted molar refractivity (Wildman–Crippen MR) is 53.6 cm³/mol. The van der Waals surface area contributed by atoms with Gasteiger partial charge in [0.2, 0.25) is 0 Å². The molecule has 1 amide bonds. The Morgan fingerprint density at radius 3 is 2.54 bits per heavy atom. The fourth-order valence-corrected chi connectivity index (χ4v) is 1.12. The molecule has 3 nitrogen and oxygen atoms in total. The van der Waals surface area contributed by atoms with Crippen LogP contribution in [0.2, 0.25) is 0 Å². The van der Waals surface area contributed by atoms with Crippen LogP contribution in [0.1, 0.15) is 33.1 Å². The second kappa shape index (κ2) is 6.89. The van der Waals surface area contributed by atoms with Gasteiger partial charge in [0.1, 0.15) is 6.10 Å². The highest BCUT2D eigenvalue weighted by Crippen LogP contribution is 2.00. The van der Waals surface area contributed by atoms with Gasteiger partial charge in [0.25, 0.3) is 5.91 Å². The molecule has 13 heavy (non-hydrogen) atoms. The minimum atomic E-state index is -0.313. The maximum absolute atomic E-state index is 11.5. The Balaban J connectivity index is 3.69. The van der Waals surface area contributed by atoms with Gasteiger partial charge in [0.15, 0.2) is 0 Å². The number of unbranched alkanes of at least 4 members (excludes halogenated alkanes) is 2. The summed E-state index contributed by atoms with van der Waals surface area (Å²) in [5.74, 6) is 0.0682. The Kier molecular flexibility index (Phi) is 6.59. The molecule has 0 aromatic carbocycles. The Labute approximate surface area is 81.1 Å². The second-order valence-electron chi connectivity index (χ2n) is 3.34. The molecule has 0 rings (SSSR count). The van der Waals surface area contributed by atoms with Crippen LogP contribution >= 0.6 is 0 Å². The Bertz CT molecular complexity index is 148. The molecule has 1 unspecified atom stereocenters. The van der Waals surface area contributed by atoms with E-state index >= 15 is 0 Å². The number of nitrogens with zero attached hydrogens (tertiary/aromatic N) is 1. The van der Waals surface area contributed by atoms with Crippen molar-refractivity contribution < 1.29 is 9.53 Å². The van der Waals surface area contributed by atoms with Gasteiger partial charge in [0, 0.05) is 20.7 Å². The van der Waals surface area contributed by atoms with Crippen molar-refractivity contribution >= 4 is 5.91 Å². The monoisotopic (exact) mass is 187 g/mol. The molecule has 0 aromatic heterocycles. The summed E-state index contributed by atoms with van der Waals surface area (Å²) >= 11 is 0. The lowest BCUT2D eigenvalue weighted by Gasteiger charge is -2.20. The second-order valence-corrected chi connectivity index (χ2v) is 3.34. The van der Waals surface area contributed by atoms with Crippen LogP contribution in [0.4, 0.5) is 0 Å². The molecule has 0 aromatic rings. The van der Waals surface area contributed by atoms with E-state index in [-0.39, 0.29) is 12.0 Å². The lowest BCUT2D eigenvalue weighted by Crippen LogP contribution is -2.36. The van der Waals surface area contributed by atoms with Gasteiger partial charge in [-0.15, -0.1) is 0 Å². The van der Waals surface area contributed by atoms with E-state index in [4.69, 9.17) is 4.74 Å². The molecular weight excluding hydrogens is 166 g/mol. The fraction of sp³-hybridized carbons (Fsp3) is 0.900. The number of amides is 1. The first-order valence-electron chi connectivity index (χ1n) is 4.91. The zero-order chi connectivity index (χ0) is 10.3. The molecule has 0 aliphatic heterocycles. The third kappa shape index (κ3) is 4.88. The maximum atomic E-state index is 11.5. The van der Waals surface area contributed by atoms with Crippen molar-refractivity contribution in [2.24, 2.45) is 0 Å². The first kappa shape index (κ1) is 12.4. The van der Waals surface area contributed by atoms with E-state index in [0.29, 0.717) is 0 Å². The lowest BCUT2D eigenvalue weighted by atomic mass is 10.2. The average Bonchev–Trinajstić information content (AvgIpc) is 2.15. The highest BCUT2D eigenvalue weighted by molar-refractivity contribution is 5.80. The number of methoxy groups -OCH3 is 1. The zero-order valence-corrected chi connectivity index (χ0v) is 9.17. The average molecular weight is 187 g/mol. The van der Waals surface area contributed by atoms with Crippen LogP contribution in [0.25, 0.3) is 0 Å². The van der Waals surface area contributed by atoms with Crippen LogP contribution in [0.3, 0.4) is 0 Å². The van der Waals surface area contributed by atoms with Crippen LogP contribution in [-0.4, -0.2) is 37.6 Å². The summed E-state index contributed by atoms with van der Waals surface area (Å²) in [6.45, 7) is 4.76. The number of hydrogen-bond acceptors (Lipinski definition) is 2. The minimum absolute atomic E-state index is 0.0682. The van der Waals surface area contributed by atoms with Gasteiger partial charge in [-0.2, -0.15) is 0 Å². The van der Waals surface area contributed by atoms with Gasteiger partial charge in [0.05, 0.1) is 0 Å². The third-order valence-corrected chi connectivity index (χ3v) is 2.17. The molecule has 1 atom stereocenters. The van der Waals surface area contributed by atoms with Crippen LogP contribution in [0.5, 0.6) is 0 Å². The standard InChI is InChI=1S/C10H21NO2/c1-5-6-7-8-11(3)10(12)9(2)13-4/h9H,5-8H2,1-4H3. The van der Waals surface area contributed by atoms with E-state index in [1.165, 1.54) is 12.8 Å². The highest BCUT2D eigenvalue weighted by atomic mass is 16.5. The van der Waals surface area contributed by atoms with Crippen molar-refractivity contribution in [3.8, 4) is 0 Å². The SMILES string of the molecule is CCCCCN(C)C(=O)C(C)OC. The third-order valence-electron chi connectivity index (χ3n) is 2.17. The molecule has 0 heterocycles. The zero-order valence-electron chi connectivity index (χ0n) is 9.17. The molecule has 0 spiro atoms. The molecule has 3 heteroatoms. The molecule has 0 bridgehead atoms. The summed E-state index contributed by atoms with van der Waals surface area (Å²) in [5.41, 5.74) is 0. The van der Waals surface area contributed by atoms with Crippen LogP contribution in [0, 0.1) is 0 Å². The molecule has 0 fully saturated rings. The van der Waals surface area contributed by atoms with Crippen LogP contribution in [0.15, 0.2) is 0 Å². The van der Waals surface area contributed by atoms with Gasteiger partial charge in [-0.1, -0.05) is 19.8 Å². The van der Waals surface area contributed by atoms with E-state index in [1.807, 2.05) is 7.05 Å². The topological polar surface area (TPSA) is 29.5 Å². The van der Waals surface area contributed by atoms with Crippen molar-refractivity contribution in [3.63, 3.8) is 0 Å². The van der Waals surface area contributed by atoms with Crippen molar-refractivity contribution in [2.75, 3.05) is 20.7 Å². The summed E-state index contributed by atoms with van der Waals surface area (Å²) in [4.78, 5) is 13.2. The molecule has 0 aliphatic carbocycles. The summed E-state index contributed by atoms with van der Waals surface area (Å²) in [6.07, 6.45) is 3.13. The smallest absolute Gasteiger partial charge is 0.251 e. The predicted octanol–water partition coefficient (Wildman–Crippen LogP) is 1.67. The van der Waals surface area contributed by atoms with Gasteiger partial charge in [-0.05, 0) is 13.3 Å². The Morgan fingerprint density at radius 2 is 2.08 bits per heavy atom. The van der Waals surface area contributed by atoms with Gasteiger partial charge < -0.3 is 9.64 Å². The van der Waals surface area contributed by atoms with Crippen molar-refractivity contribution in [2.45, 2.75) is 39.2 Å². The quantitative estimate of drug-likeness (QED) is 0.592. The van der Waals surface area contributed by atoms with E-state index in [0.717, 1.165) is 13.0 Å². The van der Waals surface area contributed by atoms with Gasteiger partial charge in [-0.3, -0.25) is 4.79 Å². The summed E-state index contributed by atoms with van der Waals surface area (Å²) in [7, 11) is 3.38. The number of likely N-dealkylation sites (N-methyl/N-ethyl adjacent to an activating group) is 1. The van der Waals surface area contributed by atoms with Crippen molar-refractivity contribution in [3.05, 3.63) is 0 Å². The normalized spacial score (nSPS) is 12.6. The summed E-state index contributed by atoms with van der Waals surface area (Å²) in [6, 6.07) is 0. The minimum Gasteiger partial charge on any atom is -0.372 e. The molecule has 0 saturated heterocycles. The number of ether oxygens (including phenoxy) is 1. The summed E-state index contributed by atoms with van der Waals surface area (Å²) in [5, 5.41) is 0. The molecule has 0 aliphatic rings. The first-order valence-corrected chi connectivity index (χ1v) is 4.91. The first-order chi connectivity index (χ1) is 6.13. The number of carbonyl (C=O) groups excluding carboxylic acids is 1. The molecule has 0 N–H and O–H groups in total. The maximum Gasteiger partial charge on any atom is 0.251 e. The molecular formula is C10H21NO2. The van der Waals surface area contributed by atoms with E-state index in [1.54, 1.807) is 18.9 Å². The van der Waals surface area contributed by atoms with Gasteiger partial charge in [-0.25, -0.2) is 0 Å². The molecule has 78 valence electrons. The van der Waals surface area contributed by atoms with E-state index in [2.05, 4.69) is 6.92 Å². The number of carbonyl (C=O) groups is 1. The van der Waals surface area contributed by atoms with Crippen molar-refractivity contribution in [1.29, 1.82) is 0 Å². The van der Waals surface area contributed by atoms with E-state index < -0.39 is 0 Å². The molecule has 0 radical (unpaired) electrons. The van der Waals surface area contributed by atoms with Gasteiger partial charge >= 0.3 is 0 Å². The lowest BCUT2D eigenvalue weighted by molar-refractivity contribution is -0.139. The van der Waals surface area contributed by atoms with E-state index in [9.17, 15) is 4.79 Å². The fourth-order valence-electron chi connectivity index (χ4n) is 1.12. The number of hydrogen-bond donors (Lipinski definition) is 0. The Hall–Kier alpha value is -0.570. The summed E-state index contributed by atoms with van der Waals surface area (Å²) < 4.78 is 4.95. The van der Waals surface area contributed by atoms with Crippen LogP contribution < -0.4 is 0 Å².